The summed E-state index contributed by atoms with van der Waals surface area (Å²) in [6, 6.07) is 4.09. The molecule has 1 aliphatic carbocycles. The number of alkyl halides is 4. The number of carboxylic acids is 1. The lowest BCUT2D eigenvalue weighted by Gasteiger charge is -2.39. The van der Waals surface area contributed by atoms with Crippen LogP contribution >= 0.6 is 0 Å². The molecule has 3 aliphatic heterocycles. The maximum absolute atomic E-state index is 16.0. The summed E-state index contributed by atoms with van der Waals surface area (Å²) in [5.41, 5.74) is -1.36. The molecule has 1 saturated carbocycles. The number of benzene rings is 1. The highest BCUT2D eigenvalue weighted by atomic mass is 19.4. The number of anilines is 1. The van der Waals surface area contributed by atoms with Gasteiger partial charge >= 0.3 is 12.1 Å². The predicted octanol–water partition coefficient (Wildman–Crippen LogP) is 5.08. The molecule has 1 amide bonds. The van der Waals surface area contributed by atoms with E-state index < -0.39 is 35.2 Å². The van der Waals surface area contributed by atoms with E-state index in [1.54, 1.807) is 12.0 Å². The van der Waals surface area contributed by atoms with Gasteiger partial charge in [0.1, 0.15) is 0 Å². The smallest absolute Gasteiger partial charge is 0.416 e. The third-order valence-electron chi connectivity index (χ3n) is 9.89. The monoisotopic (exact) mass is 583 g/mol. The second-order valence-electron chi connectivity index (χ2n) is 12.3. The second kappa shape index (κ2) is 12.1. The van der Waals surface area contributed by atoms with Crippen molar-refractivity contribution >= 4 is 17.6 Å². The molecule has 41 heavy (non-hydrogen) atoms. The van der Waals surface area contributed by atoms with Crippen LogP contribution in [0, 0.1) is 5.92 Å². The number of ether oxygens (including phenoxy) is 1. The molecule has 228 valence electrons. The predicted molar refractivity (Wildman–Crippen MR) is 146 cm³/mol. The van der Waals surface area contributed by atoms with Gasteiger partial charge < -0.3 is 19.6 Å². The van der Waals surface area contributed by atoms with Gasteiger partial charge in [-0.1, -0.05) is 6.07 Å². The number of methoxy groups -OCH3 is 1. The Labute approximate surface area is 238 Å². The number of likely N-dealkylation sites (tertiary alicyclic amines) is 2. The molecule has 7 nitrogen and oxygen atoms in total. The minimum Gasteiger partial charge on any atom is -0.481 e. The average Bonchev–Trinajstić information content (AvgIpc) is 3.39. The Morgan fingerprint density at radius 1 is 0.951 bits per heavy atom. The summed E-state index contributed by atoms with van der Waals surface area (Å²) in [7, 11) is 1.72. The van der Waals surface area contributed by atoms with Gasteiger partial charge in [-0.3, -0.25) is 14.5 Å². The molecular formula is C30H41F4N3O4. The molecule has 5 rings (SSSR count). The van der Waals surface area contributed by atoms with E-state index >= 15 is 4.39 Å². The maximum Gasteiger partial charge on any atom is 0.416 e. The van der Waals surface area contributed by atoms with E-state index in [9.17, 15) is 27.9 Å². The van der Waals surface area contributed by atoms with Crippen LogP contribution < -0.4 is 4.90 Å². The molecule has 1 N–H and O–H groups in total. The summed E-state index contributed by atoms with van der Waals surface area (Å²) >= 11 is 0. The number of carbonyl (C=O) groups excluding carboxylic acids is 1. The van der Waals surface area contributed by atoms with Crippen molar-refractivity contribution in [1.82, 2.24) is 9.80 Å². The number of amides is 1. The highest BCUT2D eigenvalue weighted by Gasteiger charge is 2.49. The van der Waals surface area contributed by atoms with E-state index in [4.69, 9.17) is 4.74 Å². The van der Waals surface area contributed by atoms with Gasteiger partial charge in [0.05, 0.1) is 17.6 Å². The number of hydrogen-bond donors (Lipinski definition) is 1. The zero-order chi connectivity index (χ0) is 29.4. The van der Waals surface area contributed by atoms with Crippen LogP contribution in [0.4, 0.5) is 23.2 Å². The first-order valence-electron chi connectivity index (χ1n) is 14.9. The molecule has 0 spiro atoms. The van der Waals surface area contributed by atoms with Crippen LogP contribution in [0.3, 0.4) is 0 Å². The van der Waals surface area contributed by atoms with E-state index in [0.717, 1.165) is 37.3 Å². The fourth-order valence-electron chi connectivity index (χ4n) is 7.32. The van der Waals surface area contributed by atoms with Gasteiger partial charge in [-0.05, 0) is 75.0 Å². The number of nitrogens with zero attached hydrogens (tertiary/aromatic N) is 3. The molecule has 4 aliphatic rings. The zero-order valence-corrected chi connectivity index (χ0v) is 23.7. The van der Waals surface area contributed by atoms with Gasteiger partial charge in [-0.25, -0.2) is 4.39 Å². The minimum atomic E-state index is -4.49. The number of halogens is 4. The topological polar surface area (TPSA) is 73.3 Å². The summed E-state index contributed by atoms with van der Waals surface area (Å²) in [5, 5.41) is 9.34. The summed E-state index contributed by atoms with van der Waals surface area (Å²) in [5.74, 6) is -1.90. The average molecular weight is 584 g/mol. The van der Waals surface area contributed by atoms with Crippen LogP contribution in [0.5, 0.6) is 0 Å². The molecular weight excluding hydrogens is 542 g/mol. The van der Waals surface area contributed by atoms with Crippen molar-refractivity contribution in [3.05, 3.63) is 29.3 Å². The minimum absolute atomic E-state index is 0.0693. The standard InChI is InChI=1S/C30H41F4N3O4/c1-41-24-5-3-23(4-6-24)37-17-12-29(31,19-37)28(40)36-15-8-20(9-16-36)25-7-2-22(30(32,33)34)18-26(25)35-13-10-21(11-14-35)27(38)39/h2,7,18,20-21,23-24H,3-6,8-17,19H2,1H3,(H,38,39)/t23?,24?,29-/m1/s1. The Balaban J connectivity index is 1.23. The van der Waals surface area contributed by atoms with Gasteiger partial charge in [0, 0.05) is 64.5 Å². The molecule has 4 fully saturated rings. The Morgan fingerprint density at radius 3 is 2.20 bits per heavy atom. The molecule has 11 heteroatoms. The van der Waals surface area contributed by atoms with E-state index in [1.807, 2.05) is 4.90 Å². The molecule has 0 bridgehead atoms. The molecule has 0 unspecified atom stereocenters. The third kappa shape index (κ3) is 6.50. The molecule has 1 aromatic carbocycles. The molecule has 0 radical (unpaired) electrons. The van der Waals surface area contributed by atoms with Crippen molar-refractivity contribution in [2.75, 3.05) is 51.3 Å². The number of carbonyl (C=O) groups is 2. The van der Waals surface area contributed by atoms with E-state index in [0.29, 0.717) is 64.1 Å². The second-order valence-corrected chi connectivity index (χ2v) is 12.3. The first-order chi connectivity index (χ1) is 19.5. The summed E-state index contributed by atoms with van der Waals surface area (Å²) in [6.07, 6.45) is 1.56. The summed E-state index contributed by atoms with van der Waals surface area (Å²) in [6.45, 7) is 2.14. The lowest BCUT2D eigenvalue weighted by molar-refractivity contribution is -0.144. The van der Waals surface area contributed by atoms with Crippen LogP contribution in [-0.2, 0) is 20.5 Å². The molecule has 1 aromatic rings. The van der Waals surface area contributed by atoms with E-state index in [2.05, 4.69) is 4.90 Å². The van der Waals surface area contributed by atoms with Gasteiger partial charge in [-0.15, -0.1) is 0 Å². The SMILES string of the molecule is COC1CCC(N2CC[C@](F)(C(=O)N3CCC(c4ccc(C(F)(F)F)cc4N4CCC(C(=O)O)CC4)CC3)C2)CC1. The normalized spacial score (nSPS) is 29.2. The molecule has 3 saturated heterocycles. The van der Waals surface area contributed by atoms with E-state index in [1.165, 1.54) is 12.1 Å². The summed E-state index contributed by atoms with van der Waals surface area (Å²) < 4.78 is 62.2. The van der Waals surface area contributed by atoms with Crippen molar-refractivity contribution in [1.29, 1.82) is 0 Å². The fourth-order valence-corrected chi connectivity index (χ4v) is 7.32. The van der Waals surface area contributed by atoms with Crippen molar-refractivity contribution in [2.45, 2.75) is 87.7 Å². The van der Waals surface area contributed by atoms with Crippen molar-refractivity contribution in [2.24, 2.45) is 5.92 Å². The highest BCUT2D eigenvalue weighted by molar-refractivity contribution is 5.86. The van der Waals surface area contributed by atoms with Gasteiger partial charge in [0.2, 0.25) is 5.67 Å². The van der Waals surface area contributed by atoms with Gasteiger partial charge in [0.15, 0.2) is 0 Å². The number of carboxylic acid groups (broad SMARTS) is 1. The Hall–Kier alpha value is -2.40. The third-order valence-corrected chi connectivity index (χ3v) is 9.89. The summed E-state index contributed by atoms with van der Waals surface area (Å²) in [4.78, 5) is 30.4. The number of piperidine rings is 2. The van der Waals surface area contributed by atoms with Crippen molar-refractivity contribution in [3.63, 3.8) is 0 Å². The molecule has 3 heterocycles. The lowest BCUT2D eigenvalue weighted by Crippen LogP contribution is -2.51. The quantitative estimate of drug-likeness (QED) is 0.471. The number of rotatable bonds is 6. The molecule has 1 atom stereocenters. The van der Waals surface area contributed by atoms with Crippen LogP contribution in [0.15, 0.2) is 18.2 Å². The van der Waals surface area contributed by atoms with Crippen LogP contribution in [0.25, 0.3) is 0 Å². The zero-order valence-electron chi connectivity index (χ0n) is 23.7. The van der Waals surface area contributed by atoms with Crippen molar-refractivity contribution in [3.8, 4) is 0 Å². The van der Waals surface area contributed by atoms with Crippen molar-refractivity contribution < 1.29 is 37.0 Å². The number of aliphatic carboxylic acids is 1. The lowest BCUT2D eigenvalue weighted by atomic mass is 9.86. The van der Waals surface area contributed by atoms with Gasteiger partial charge in [0.25, 0.3) is 5.91 Å². The van der Waals surface area contributed by atoms with Crippen LogP contribution in [0.1, 0.15) is 74.8 Å². The Bertz CT molecular complexity index is 1090. The Kier molecular flexibility index (Phi) is 8.85. The first-order valence-corrected chi connectivity index (χ1v) is 14.9. The highest BCUT2D eigenvalue weighted by Crippen LogP contribution is 2.41. The largest absolute Gasteiger partial charge is 0.481 e. The number of hydrogen-bond acceptors (Lipinski definition) is 5. The Morgan fingerprint density at radius 2 is 1.61 bits per heavy atom. The maximum atomic E-state index is 16.0. The van der Waals surface area contributed by atoms with E-state index in [-0.39, 0.29) is 31.0 Å². The van der Waals surface area contributed by atoms with Crippen LogP contribution in [-0.4, -0.2) is 91.0 Å². The van der Waals surface area contributed by atoms with Crippen LogP contribution in [0.2, 0.25) is 0 Å². The molecule has 0 aromatic heterocycles. The fraction of sp³-hybridized carbons (Fsp3) is 0.733. The van der Waals surface area contributed by atoms with Gasteiger partial charge in [-0.2, -0.15) is 13.2 Å². The first kappa shape index (κ1) is 30.1.